The molecule has 2 N–H and O–H groups in total. The van der Waals surface area contributed by atoms with Crippen molar-refractivity contribution >= 4 is 9.84 Å². The fourth-order valence-corrected chi connectivity index (χ4v) is 3.49. The summed E-state index contributed by atoms with van der Waals surface area (Å²) in [5.74, 6) is 0.0244. The SMILES string of the molecule is Cc1ccc(S(=O)(=O)C(CN)C(C)C)cc1. The predicted octanol–water partition coefficient (Wildman–Crippen LogP) is 1.75. The van der Waals surface area contributed by atoms with Gasteiger partial charge in [-0.05, 0) is 25.0 Å². The number of aryl methyl sites for hydroxylation is 1. The third kappa shape index (κ3) is 2.62. The van der Waals surface area contributed by atoms with Gasteiger partial charge in [0.15, 0.2) is 9.84 Å². The molecule has 0 heterocycles. The first-order valence-corrected chi connectivity index (χ1v) is 6.95. The monoisotopic (exact) mass is 241 g/mol. The lowest BCUT2D eigenvalue weighted by molar-refractivity contribution is 0.533. The number of hydrogen-bond acceptors (Lipinski definition) is 3. The van der Waals surface area contributed by atoms with Crippen molar-refractivity contribution in [2.75, 3.05) is 6.54 Å². The highest BCUT2D eigenvalue weighted by Gasteiger charge is 2.28. The Bertz CT molecular complexity index is 435. The first-order valence-electron chi connectivity index (χ1n) is 5.40. The van der Waals surface area contributed by atoms with E-state index in [0.29, 0.717) is 4.90 Å². The second kappa shape index (κ2) is 4.97. The molecule has 0 saturated carbocycles. The summed E-state index contributed by atoms with van der Waals surface area (Å²) in [4.78, 5) is 0.363. The van der Waals surface area contributed by atoms with E-state index in [9.17, 15) is 8.42 Å². The zero-order valence-electron chi connectivity index (χ0n) is 9.97. The summed E-state index contributed by atoms with van der Waals surface area (Å²) < 4.78 is 24.5. The van der Waals surface area contributed by atoms with Gasteiger partial charge in [0.25, 0.3) is 0 Å². The van der Waals surface area contributed by atoms with Gasteiger partial charge in [-0.15, -0.1) is 0 Å². The van der Waals surface area contributed by atoms with Gasteiger partial charge in [0.1, 0.15) is 0 Å². The molecular formula is C12H19NO2S. The minimum Gasteiger partial charge on any atom is -0.329 e. The van der Waals surface area contributed by atoms with Gasteiger partial charge in [-0.25, -0.2) is 8.42 Å². The Morgan fingerprint density at radius 3 is 2.06 bits per heavy atom. The Labute approximate surface area is 97.6 Å². The summed E-state index contributed by atoms with van der Waals surface area (Å²) in [7, 11) is -3.29. The molecule has 3 nitrogen and oxygen atoms in total. The highest BCUT2D eigenvalue weighted by molar-refractivity contribution is 7.92. The third-order valence-corrected chi connectivity index (χ3v) is 5.19. The Morgan fingerprint density at radius 2 is 1.69 bits per heavy atom. The first-order chi connectivity index (χ1) is 7.39. The summed E-state index contributed by atoms with van der Waals surface area (Å²) in [6.07, 6.45) is 0. The Balaban J connectivity index is 3.15. The van der Waals surface area contributed by atoms with Gasteiger partial charge < -0.3 is 5.73 Å². The molecule has 90 valence electrons. The highest BCUT2D eigenvalue weighted by atomic mass is 32.2. The number of sulfone groups is 1. The number of rotatable bonds is 4. The van der Waals surface area contributed by atoms with Crippen molar-refractivity contribution in [3.63, 3.8) is 0 Å². The van der Waals surface area contributed by atoms with E-state index in [-0.39, 0.29) is 12.5 Å². The fraction of sp³-hybridized carbons (Fsp3) is 0.500. The minimum atomic E-state index is -3.29. The van der Waals surface area contributed by atoms with Gasteiger partial charge in [0.2, 0.25) is 0 Å². The van der Waals surface area contributed by atoms with Gasteiger partial charge in [0.05, 0.1) is 10.1 Å². The van der Waals surface area contributed by atoms with Crippen molar-refractivity contribution in [1.29, 1.82) is 0 Å². The van der Waals surface area contributed by atoms with Crippen LogP contribution in [-0.2, 0) is 9.84 Å². The van der Waals surface area contributed by atoms with Gasteiger partial charge in [-0.1, -0.05) is 31.5 Å². The van der Waals surface area contributed by atoms with Crippen LogP contribution >= 0.6 is 0 Å². The van der Waals surface area contributed by atoms with E-state index in [0.717, 1.165) is 5.56 Å². The number of benzene rings is 1. The molecule has 0 aliphatic carbocycles. The smallest absolute Gasteiger partial charge is 0.182 e. The topological polar surface area (TPSA) is 60.2 Å². The standard InChI is InChI=1S/C12H19NO2S/c1-9(2)12(8-13)16(14,15)11-6-4-10(3)5-7-11/h4-7,9,12H,8,13H2,1-3H3. The Hall–Kier alpha value is -0.870. The summed E-state index contributed by atoms with van der Waals surface area (Å²) in [6, 6.07) is 6.91. The molecule has 0 bridgehead atoms. The second-order valence-electron chi connectivity index (χ2n) is 4.38. The second-order valence-corrected chi connectivity index (χ2v) is 6.54. The van der Waals surface area contributed by atoms with Crippen LogP contribution in [0.1, 0.15) is 19.4 Å². The molecular weight excluding hydrogens is 222 g/mol. The van der Waals surface area contributed by atoms with Crippen LogP contribution in [0.4, 0.5) is 0 Å². The summed E-state index contributed by atoms with van der Waals surface area (Å²) in [5.41, 5.74) is 6.60. The van der Waals surface area contributed by atoms with Crippen molar-refractivity contribution < 1.29 is 8.42 Å². The molecule has 0 saturated heterocycles. The summed E-state index contributed by atoms with van der Waals surface area (Å²) >= 11 is 0. The van der Waals surface area contributed by atoms with Crippen LogP contribution in [0.15, 0.2) is 29.2 Å². The molecule has 0 radical (unpaired) electrons. The molecule has 0 fully saturated rings. The van der Waals surface area contributed by atoms with Crippen LogP contribution in [0, 0.1) is 12.8 Å². The molecule has 0 spiro atoms. The van der Waals surface area contributed by atoms with Crippen LogP contribution in [-0.4, -0.2) is 20.2 Å². The predicted molar refractivity (Wildman–Crippen MR) is 66.0 cm³/mol. The zero-order valence-corrected chi connectivity index (χ0v) is 10.8. The van der Waals surface area contributed by atoms with Crippen LogP contribution in [0.5, 0.6) is 0 Å². The van der Waals surface area contributed by atoms with Gasteiger partial charge in [-0.3, -0.25) is 0 Å². The fourth-order valence-electron chi connectivity index (χ4n) is 1.66. The maximum atomic E-state index is 12.2. The lowest BCUT2D eigenvalue weighted by Crippen LogP contribution is -2.34. The maximum absolute atomic E-state index is 12.2. The van der Waals surface area contributed by atoms with Gasteiger partial charge in [-0.2, -0.15) is 0 Å². The average Bonchev–Trinajstić information content (AvgIpc) is 2.18. The quantitative estimate of drug-likeness (QED) is 0.873. The van der Waals surface area contributed by atoms with Crippen LogP contribution in [0.25, 0.3) is 0 Å². The van der Waals surface area contributed by atoms with Crippen molar-refractivity contribution in [1.82, 2.24) is 0 Å². The molecule has 1 aromatic rings. The Kier molecular flexibility index (Phi) is 4.10. The van der Waals surface area contributed by atoms with E-state index in [1.54, 1.807) is 24.3 Å². The summed E-state index contributed by atoms with van der Waals surface area (Å²) in [6.45, 7) is 5.85. The molecule has 1 atom stereocenters. The minimum absolute atomic E-state index is 0.0244. The van der Waals surface area contributed by atoms with Crippen LogP contribution in [0.2, 0.25) is 0 Å². The van der Waals surface area contributed by atoms with Gasteiger partial charge >= 0.3 is 0 Å². The van der Waals surface area contributed by atoms with E-state index in [2.05, 4.69) is 0 Å². The van der Waals surface area contributed by atoms with E-state index in [4.69, 9.17) is 5.73 Å². The third-order valence-electron chi connectivity index (χ3n) is 2.72. The van der Waals surface area contributed by atoms with Crippen molar-refractivity contribution in [2.45, 2.75) is 30.9 Å². The van der Waals surface area contributed by atoms with Crippen molar-refractivity contribution in [3.05, 3.63) is 29.8 Å². The number of hydrogen-bond donors (Lipinski definition) is 1. The lowest BCUT2D eigenvalue weighted by Gasteiger charge is -2.19. The molecule has 0 aliphatic rings. The van der Waals surface area contributed by atoms with Crippen molar-refractivity contribution in [3.8, 4) is 0 Å². The van der Waals surface area contributed by atoms with E-state index in [1.807, 2.05) is 20.8 Å². The molecule has 0 aromatic heterocycles. The van der Waals surface area contributed by atoms with Crippen LogP contribution < -0.4 is 5.73 Å². The largest absolute Gasteiger partial charge is 0.329 e. The molecule has 4 heteroatoms. The lowest BCUT2D eigenvalue weighted by atomic mass is 10.1. The van der Waals surface area contributed by atoms with E-state index < -0.39 is 15.1 Å². The zero-order chi connectivity index (χ0) is 12.3. The average molecular weight is 241 g/mol. The van der Waals surface area contributed by atoms with Gasteiger partial charge in [0, 0.05) is 6.54 Å². The normalized spacial score (nSPS) is 14.1. The highest BCUT2D eigenvalue weighted by Crippen LogP contribution is 2.21. The molecule has 1 rings (SSSR count). The van der Waals surface area contributed by atoms with E-state index >= 15 is 0 Å². The molecule has 1 aromatic carbocycles. The van der Waals surface area contributed by atoms with Crippen LogP contribution in [0.3, 0.4) is 0 Å². The number of nitrogens with two attached hydrogens (primary N) is 1. The molecule has 0 aliphatic heterocycles. The van der Waals surface area contributed by atoms with Crippen molar-refractivity contribution in [2.24, 2.45) is 11.7 Å². The molecule has 0 amide bonds. The maximum Gasteiger partial charge on any atom is 0.182 e. The molecule has 16 heavy (non-hydrogen) atoms. The first kappa shape index (κ1) is 13.2. The molecule has 1 unspecified atom stereocenters. The Morgan fingerprint density at radius 1 is 1.19 bits per heavy atom. The summed E-state index contributed by atoms with van der Waals surface area (Å²) in [5, 5.41) is -0.504. The van der Waals surface area contributed by atoms with E-state index in [1.165, 1.54) is 0 Å².